The average molecular weight is 650 g/mol. The Balaban J connectivity index is 1.10. The first-order valence-corrected chi connectivity index (χ1v) is 17.0. The maximum Gasteiger partial charge on any atom is 0.393 e. The van der Waals surface area contributed by atoms with Gasteiger partial charge in [0, 0.05) is 61.1 Å². The van der Waals surface area contributed by atoms with Crippen molar-refractivity contribution in [3.8, 4) is 6.07 Å². The second-order valence-corrected chi connectivity index (χ2v) is 14.2. The Hall–Kier alpha value is -3.62. The van der Waals surface area contributed by atoms with E-state index in [0.29, 0.717) is 33.7 Å². The number of thiophene rings is 1. The summed E-state index contributed by atoms with van der Waals surface area (Å²) in [6.07, 6.45) is 0.865. The predicted octanol–water partition coefficient (Wildman–Crippen LogP) is 7.81. The van der Waals surface area contributed by atoms with Crippen molar-refractivity contribution in [3.05, 3.63) is 64.6 Å². The molecule has 0 unspecified atom stereocenters. The van der Waals surface area contributed by atoms with Crippen molar-refractivity contribution < 1.29 is 13.2 Å². The molecule has 0 radical (unpaired) electrons. The van der Waals surface area contributed by atoms with Gasteiger partial charge in [-0.25, -0.2) is 9.97 Å². The van der Waals surface area contributed by atoms with Gasteiger partial charge in [0.05, 0.1) is 11.8 Å². The number of aryl methyl sites for hydroxylation is 2. The monoisotopic (exact) mass is 649 g/mol. The van der Waals surface area contributed by atoms with Gasteiger partial charge in [0.15, 0.2) is 0 Å². The Morgan fingerprint density at radius 2 is 1.83 bits per heavy atom. The first-order chi connectivity index (χ1) is 22.0. The molecule has 2 fully saturated rings. The van der Waals surface area contributed by atoms with Crippen LogP contribution in [0.4, 0.5) is 19.0 Å². The summed E-state index contributed by atoms with van der Waals surface area (Å²) >= 11 is 1.09. The third kappa shape index (κ3) is 7.03. The second-order valence-electron chi connectivity index (χ2n) is 13.1. The van der Waals surface area contributed by atoms with Gasteiger partial charge in [-0.2, -0.15) is 18.4 Å². The molecule has 0 bridgehead atoms. The number of anilines is 1. The zero-order valence-electron chi connectivity index (χ0n) is 26.8. The van der Waals surface area contributed by atoms with Crippen LogP contribution in [-0.4, -0.2) is 62.7 Å². The van der Waals surface area contributed by atoms with Crippen LogP contribution >= 0.6 is 11.3 Å². The molecule has 1 N–H and O–H groups in total. The second kappa shape index (κ2) is 13.2. The number of halogens is 3. The number of benzene rings is 1. The van der Waals surface area contributed by atoms with Crippen LogP contribution in [0.25, 0.3) is 21.1 Å². The molecule has 4 aromatic rings. The molecule has 2 aliphatic rings. The molecule has 46 heavy (non-hydrogen) atoms. The lowest BCUT2D eigenvalue weighted by molar-refractivity contribution is -0.126. The van der Waals surface area contributed by atoms with E-state index in [9.17, 15) is 18.4 Å². The first-order valence-electron chi connectivity index (χ1n) is 16.2. The van der Waals surface area contributed by atoms with E-state index >= 15 is 0 Å². The standard InChI is InChI=1S/C35H42F3N7S/c1-5-43-12-8-25(9-13-43)22(2)20-45-28(19-39)16-30-23(3)26(6-7-32(30)45)21-44-14-10-27(11-15-44)42-33-31-17-29(18-35(36,37)38)46-34(31)41-24(4)40-33/h5-7,16-17,22,25,27H,1,8-15,18,20-21H2,2-4H3,(H,40,41,42)/t22-/m0/s1. The highest BCUT2D eigenvalue weighted by molar-refractivity contribution is 7.18. The lowest BCUT2D eigenvalue weighted by Crippen LogP contribution is -2.39. The minimum Gasteiger partial charge on any atom is -0.378 e. The third-order valence-corrected chi connectivity index (χ3v) is 11.0. The van der Waals surface area contributed by atoms with Crippen LogP contribution in [0.15, 0.2) is 37.0 Å². The van der Waals surface area contributed by atoms with Crippen molar-refractivity contribution in [2.45, 2.75) is 78.2 Å². The molecule has 1 atom stereocenters. The van der Waals surface area contributed by atoms with E-state index in [1.165, 1.54) is 11.1 Å². The Morgan fingerprint density at radius 3 is 2.50 bits per heavy atom. The number of fused-ring (bicyclic) bond motifs is 2. The summed E-state index contributed by atoms with van der Waals surface area (Å²) in [6.45, 7) is 15.8. The number of nitriles is 1. The van der Waals surface area contributed by atoms with Gasteiger partial charge in [0.2, 0.25) is 0 Å². The van der Waals surface area contributed by atoms with Crippen molar-refractivity contribution in [2.75, 3.05) is 31.5 Å². The molecule has 3 aromatic heterocycles. The van der Waals surface area contributed by atoms with Gasteiger partial charge in [-0.05, 0) is 86.9 Å². The van der Waals surface area contributed by atoms with Gasteiger partial charge in [0.25, 0.3) is 0 Å². The first kappa shape index (κ1) is 32.3. The molecule has 6 rings (SSSR count). The summed E-state index contributed by atoms with van der Waals surface area (Å²) in [7, 11) is 0. The summed E-state index contributed by atoms with van der Waals surface area (Å²) < 4.78 is 41.3. The van der Waals surface area contributed by atoms with Crippen LogP contribution in [0.1, 0.15) is 60.1 Å². The molecule has 0 saturated carbocycles. The molecule has 2 saturated heterocycles. The van der Waals surface area contributed by atoms with E-state index < -0.39 is 12.6 Å². The van der Waals surface area contributed by atoms with Gasteiger partial charge in [0.1, 0.15) is 28.2 Å². The normalized spacial score (nSPS) is 17.9. The number of aromatic nitrogens is 3. The molecule has 7 nitrogen and oxygen atoms in total. The summed E-state index contributed by atoms with van der Waals surface area (Å²) in [4.78, 5) is 14.5. The number of nitrogens with one attached hydrogen (secondary N) is 1. The fraction of sp³-hybridized carbons (Fsp3) is 0.514. The van der Waals surface area contributed by atoms with E-state index in [1.54, 1.807) is 13.0 Å². The molecule has 0 amide bonds. The summed E-state index contributed by atoms with van der Waals surface area (Å²) in [5.41, 5.74) is 4.36. The van der Waals surface area contributed by atoms with Crippen LogP contribution in [0.3, 0.4) is 0 Å². The predicted molar refractivity (Wildman–Crippen MR) is 179 cm³/mol. The minimum absolute atomic E-state index is 0.182. The van der Waals surface area contributed by atoms with Crippen LogP contribution in [-0.2, 0) is 19.5 Å². The van der Waals surface area contributed by atoms with Crippen molar-refractivity contribution in [3.63, 3.8) is 0 Å². The number of alkyl halides is 3. The fourth-order valence-electron chi connectivity index (χ4n) is 7.23. The van der Waals surface area contributed by atoms with Crippen molar-refractivity contribution in [1.29, 1.82) is 5.26 Å². The SMILES string of the molecule is C=CN1CCC([C@@H](C)Cn2c(C#N)cc3c(C)c(CN4CCC(Nc5nc(C)nc6sc(CC(F)(F)F)cc56)CC4)ccc32)CC1. The van der Waals surface area contributed by atoms with Gasteiger partial charge in [-0.15, -0.1) is 11.3 Å². The number of hydrogen-bond acceptors (Lipinski definition) is 7. The minimum atomic E-state index is -4.25. The van der Waals surface area contributed by atoms with Gasteiger partial charge < -0.3 is 14.8 Å². The Labute approximate surface area is 272 Å². The van der Waals surface area contributed by atoms with Crippen LogP contribution < -0.4 is 5.32 Å². The number of nitrogens with zero attached hydrogens (tertiary/aromatic N) is 6. The molecule has 244 valence electrons. The van der Waals surface area contributed by atoms with Crippen LogP contribution in [0, 0.1) is 37.0 Å². The van der Waals surface area contributed by atoms with Gasteiger partial charge in [-0.3, -0.25) is 4.90 Å². The largest absolute Gasteiger partial charge is 0.393 e. The van der Waals surface area contributed by atoms with Crippen molar-refractivity contribution >= 4 is 38.3 Å². The van der Waals surface area contributed by atoms with E-state index in [-0.39, 0.29) is 10.9 Å². The molecule has 2 aliphatic heterocycles. The molecular formula is C35H42F3N7S. The Bertz CT molecular complexity index is 1750. The number of rotatable bonds is 9. The van der Waals surface area contributed by atoms with E-state index in [1.807, 2.05) is 6.20 Å². The van der Waals surface area contributed by atoms with Crippen molar-refractivity contribution in [1.82, 2.24) is 24.3 Å². The van der Waals surface area contributed by atoms with Crippen LogP contribution in [0.2, 0.25) is 0 Å². The lowest BCUT2D eigenvalue weighted by Gasteiger charge is -2.34. The Kier molecular flexibility index (Phi) is 9.31. The van der Waals surface area contributed by atoms with Crippen LogP contribution in [0.5, 0.6) is 0 Å². The number of hydrogen-bond donors (Lipinski definition) is 1. The highest BCUT2D eigenvalue weighted by Crippen LogP contribution is 2.35. The molecule has 1 aromatic carbocycles. The number of likely N-dealkylation sites (tertiary alicyclic amines) is 2. The molecule has 0 aliphatic carbocycles. The maximum absolute atomic E-state index is 13.0. The zero-order chi connectivity index (χ0) is 32.6. The van der Waals surface area contributed by atoms with Crippen molar-refractivity contribution in [2.24, 2.45) is 11.8 Å². The highest BCUT2D eigenvalue weighted by Gasteiger charge is 2.30. The van der Waals surface area contributed by atoms with E-state index in [0.717, 1.165) is 92.9 Å². The summed E-state index contributed by atoms with van der Waals surface area (Å²) in [6, 6.07) is 10.7. The lowest BCUT2D eigenvalue weighted by atomic mass is 9.85. The molecular weight excluding hydrogens is 607 g/mol. The highest BCUT2D eigenvalue weighted by atomic mass is 32.1. The number of piperidine rings is 2. The molecule has 5 heterocycles. The molecule has 11 heteroatoms. The topological polar surface area (TPSA) is 73.0 Å². The zero-order valence-corrected chi connectivity index (χ0v) is 27.6. The molecule has 0 spiro atoms. The quantitative estimate of drug-likeness (QED) is 0.200. The fourth-order valence-corrected chi connectivity index (χ4v) is 8.34. The summed E-state index contributed by atoms with van der Waals surface area (Å²) in [5.74, 6) is 2.30. The smallest absolute Gasteiger partial charge is 0.378 e. The van der Waals surface area contributed by atoms with E-state index in [2.05, 4.69) is 74.3 Å². The maximum atomic E-state index is 13.0. The van der Waals surface area contributed by atoms with Gasteiger partial charge in [-0.1, -0.05) is 19.6 Å². The average Bonchev–Trinajstić information content (AvgIpc) is 3.59. The summed E-state index contributed by atoms with van der Waals surface area (Å²) in [5, 5.41) is 15.4. The van der Waals surface area contributed by atoms with Gasteiger partial charge >= 0.3 is 6.18 Å². The van der Waals surface area contributed by atoms with E-state index in [4.69, 9.17) is 0 Å². The Morgan fingerprint density at radius 1 is 1.09 bits per heavy atom. The third-order valence-electron chi connectivity index (χ3n) is 9.94.